The lowest BCUT2D eigenvalue weighted by atomic mass is 9.74. The third kappa shape index (κ3) is 4.90. The van der Waals surface area contributed by atoms with Gasteiger partial charge in [0.2, 0.25) is 5.91 Å². The minimum absolute atomic E-state index is 0.0900. The predicted octanol–water partition coefficient (Wildman–Crippen LogP) is 5.44. The van der Waals surface area contributed by atoms with Crippen LogP contribution in [0, 0.1) is 17.6 Å². The number of anilines is 2. The number of hydrogen-bond acceptors (Lipinski definition) is 5. The van der Waals surface area contributed by atoms with Gasteiger partial charge in [0.15, 0.2) is 11.6 Å². The van der Waals surface area contributed by atoms with Crippen LogP contribution < -0.4 is 15.1 Å². The van der Waals surface area contributed by atoms with Gasteiger partial charge in [-0.1, -0.05) is 17.7 Å². The Labute approximate surface area is 238 Å². The van der Waals surface area contributed by atoms with E-state index in [0.29, 0.717) is 37.9 Å². The number of benzene rings is 1. The van der Waals surface area contributed by atoms with Crippen LogP contribution in [0.1, 0.15) is 53.7 Å². The van der Waals surface area contributed by atoms with Gasteiger partial charge in [0.25, 0.3) is 12.3 Å². The lowest BCUT2D eigenvalue weighted by molar-refractivity contribution is -0.124. The summed E-state index contributed by atoms with van der Waals surface area (Å²) >= 11 is 5.88. The summed E-state index contributed by atoms with van der Waals surface area (Å²) in [7, 11) is 0. The van der Waals surface area contributed by atoms with Crippen molar-refractivity contribution in [2.75, 3.05) is 29.4 Å². The van der Waals surface area contributed by atoms with Crippen molar-refractivity contribution < 1.29 is 27.2 Å². The van der Waals surface area contributed by atoms with Crippen LogP contribution >= 0.6 is 11.6 Å². The van der Waals surface area contributed by atoms with Crippen molar-refractivity contribution in [1.29, 1.82) is 0 Å². The van der Waals surface area contributed by atoms with E-state index in [0.717, 1.165) is 11.8 Å². The SMILES string of the molecule is O=C(NC1CCC(CN2C(=O)C3(CN(c4ncccc4F)C3)c3ccc(F)cc32)CC1)c1cc(Cl)cnc1C(F)F. The molecule has 3 aliphatic rings. The van der Waals surface area contributed by atoms with Crippen LogP contribution in [0.15, 0.2) is 48.8 Å². The van der Waals surface area contributed by atoms with Crippen LogP contribution in [0.3, 0.4) is 0 Å². The molecule has 0 atom stereocenters. The van der Waals surface area contributed by atoms with Gasteiger partial charge in [0.05, 0.1) is 16.3 Å². The number of amides is 2. The van der Waals surface area contributed by atoms with Crippen LogP contribution in [0.2, 0.25) is 5.02 Å². The molecule has 2 fully saturated rings. The Kier molecular flexibility index (Phi) is 7.09. The molecule has 2 aromatic heterocycles. The first kappa shape index (κ1) is 27.4. The second kappa shape index (κ2) is 10.6. The number of carbonyl (C=O) groups is 2. The Morgan fingerprint density at radius 1 is 1.10 bits per heavy atom. The number of nitrogens with zero attached hydrogens (tertiary/aromatic N) is 4. The smallest absolute Gasteiger partial charge is 0.281 e. The molecule has 1 saturated carbocycles. The molecular formula is C29H26ClF4N5O2. The first-order chi connectivity index (χ1) is 19.7. The normalized spacial score (nSPS) is 21.3. The zero-order valence-electron chi connectivity index (χ0n) is 21.8. The van der Waals surface area contributed by atoms with Gasteiger partial charge < -0.3 is 15.1 Å². The standard InChI is InChI=1S/C29H26ClF4N5O2/c30-17-10-20(24(25(33)34)36-12-17)27(40)37-19-6-3-16(4-7-19)13-39-23-11-18(31)5-8-21(23)29(28(39)41)14-38(15-29)26-22(32)2-1-9-35-26/h1-2,5,8-12,16,19,25H,3-4,6-7,13-15H2,(H,37,40). The van der Waals surface area contributed by atoms with E-state index < -0.39 is 35.1 Å². The van der Waals surface area contributed by atoms with Crippen LogP contribution in [-0.2, 0) is 10.2 Å². The quantitative estimate of drug-likeness (QED) is 0.389. The van der Waals surface area contributed by atoms with Gasteiger partial charge in [-0.3, -0.25) is 14.6 Å². The molecule has 0 radical (unpaired) electrons. The van der Waals surface area contributed by atoms with E-state index in [4.69, 9.17) is 11.6 Å². The largest absolute Gasteiger partial charge is 0.351 e. The highest BCUT2D eigenvalue weighted by Gasteiger charge is 2.59. The van der Waals surface area contributed by atoms with Crippen LogP contribution in [0.4, 0.5) is 29.1 Å². The number of halogens is 5. The van der Waals surface area contributed by atoms with Gasteiger partial charge in [0.1, 0.15) is 16.9 Å². The minimum Gasteiger partial charge on any atom is -0.351 e. The number of rotatable bonds is 6. The summed E-state index contributed by atoms with van der Waals surface area (Å²) < 4.78 is 55.4. The highest BCUT2D eigenvalue weighted by atomic mass is 35.5. The van der Waals surface area contributed by atoms with Crippen LogP contribution in [-0.4, -0.2) is 47.5 Å². The van der Waals surface area contributed by atoms with Crippen molar-refractivity contribution in [3.8, 4) is 0 Å². The Hall–Kier alpha value is -3.73. The summed E-state index contributed by atoms with van der Waals surface area (Å²) in [5, 5.41) is 2.91. The molecule has 1 saturated heterocycles. The topological polar surface area (TPSA) is 78.4 Å². The molecule has 214 valence electrons. The van der Waals surface area contributed by atoms with Crippen molar-refractivity contribution in [2.45, 2.75) is 43.6 Å². The molecular weight excluding hydrogens is 562 g/mol. The van der Waals surface area contributed by atoms with Gasteiger partial charge in [-0.05, 0) is 67.5 Å². The zero-order valence-corrected chi connectivity index (χ0v) is 22.6. The lowest BCUT2D eigenvalue weighted by Crippen LogP contribution is -2.64. The molecule has 7 nitrogen and oxygen atoms in total. The highest BCUT2D eigenvalue weighted by molar-refractivity contribution is 6.30. The second-order valence-corrected chi connectivity index (χ2v) is 11.3. The molecule has 2 amide bonds. The van der Waals surface area contributed by atoms with Crippen molar-refractivity contribution in [3.63, 3.8) is 0 Å². The predicted molar refractivity (Wildman–Crippen MR) is 144 cm³/mol. The summed E-state index contributed by atoms with van der Waals surface area (Å²) in [4.78, 5) is 37.7. The van der Waals surface area contributed by atoms with Crippen molar-refractivity contribution in [3.05, 3.63) is 82.3 Å². The number of hydrogen-bond donors (Lipinski definition) is 1. The van der Waals surface area contributed by atoms with E-state index in [1.165, 1.54) is 36.5 Å². The summed E-state index contributed by atoms with van der Waals surface area (Å²) in [6.07, 6.45) is 2.19. The molecule has 1 N–H and O–H groups in total. The average molecular weight is 588 g/mol. The number of pyridine rings is 2. The van der Waals surface area contributed by atoms with Gasteiger partial charge >= 0.3 is 0 Å². The van der Waals surface area contributed by atoms with Crippen molar-refractivity contribution in [2.24, 2.45) is 5.92 Å². The number of aromatic nitrogens is 2. The monoisotopic (exact) mass is 587 g/mol. The van der Waals surface area contributed by atoms with E-state index in [1.807, 2.05) is 0 Å². The number of carbonyl (C=O) groups excluding carboxylic acids is 2. The molecule has 1 aliphatic carbocycles. The van der Waals surface area contributed by atoms with Gasteiger partial charge in [0, 0.05) is 38.1 Å². The molecule has 6 rings (SSSR count). The van der Waals surface area contributed by atoms with E-state index in [2.05, 4.69) is 15.3 Å². The highest BCUT2D eigenvalue weighted by Crippen LogP contribution is 2.49. The number of fused-ring (bicyclic) bond motifs is 2. The molecule has 4 heterocycles. The molecule has 41 heavy (non-hydrogen) atoms. The molecule has 12 heteroatoms. The van der Waals surface area contributed by atoms with Gasteiger partial charge in [-0.2, -0.15) is 0 Å². The Balaban J connectivity index is 1.12. The summed E-state index contributed by atoms with van der Waals surface area (Å²) in [6, 6.07) is 8.13. The lowest BCUT2D eigenvalue weighted by Gasteiger charge is -2.47. The fourth-order valence-corrected chi connectivity index (χ4v) is 6.44. The third-order valence-electron chi connectivity index (χ3n) is 8.34. The third-order valence-corrected chi connectivity index (χ3v) is 8.55. The van der Waals surface area contributed by atoms with E-state index in [-0.39, 0.29) is 47.4 Å². The molecule has 0 bridgehead atoms. The average Bonchev–Trinajstić information content (AvgIpc) is 3.16. The first-order valence-electron chi connectivity index (χ1n) is 13.4. The van der Waals surface area contributed by atoms with E-state index >= 15 is 0 Å². The maximum Gasteiger partial charge on any atom is 0.281 e. The molecule has 3 aromatic rings. The summed E-state index contributed by atoms with van der Waals surface area (Å²) in [5.41, 5.74) is -0.512. The maximum absolute atomic E-state index is 14.3. The van der Waals surface area contributed by atoms with Crippen LogP contribution in [0.25, 0.3) is 0 Å². The maximum atomic E-state index is 14.3. The fourth-order valence-electron chi connectivity index (χ4n) is 6.28. The summed E-state index contributed by atoms with van der Waals surface area (Å²) in [5.74, 6) is -1.44. The Morgan fingerprint density at radius 2 is 1.85 bits per heavy atom. The van der Waals surface area contributed by atoms with Gasteiger partial charge in [-0.25, -0.2) is 22.5 Å². The number of nitrogens with one attached hydrogen (secondary N) is 1. The zero-order chi connectivity index (χ0) is 28.9. The minimum atomic E-state index is -2.91. The van der Waals surface area contributed by atoms with E-state index in [9.17, 15) is 27.2 Å². The Morgan fingerprint density at radius 3 is 2.56 bits per heavy atom. The van der Waals surface area contributed by atoms with E-state index in [1.54, 1.807) is 15.9 Å². The number of alkyl halides is 2. The fraction of sp³-hybridized carbons (Fsp3) is 0.379. The van der Waals surface area contributed by atoms with Gasteiger partial charge in [-0.15, -0.1) is 0 Å². The van der Waals surface area contributed by atoms with Crippen molar-refractivity contribution in [1.82, 2.24) is 15.3 Å². The first-order valence-corrected chi connectivity index (χ1v) is 13.8. The molecule has 1 spiro atoms. The molecule has 2 aliphatic heterocycles. The summed E-state index contributed by atoms with van der Waals surface area (Å²) in [6.45, 7) is 0.864. The Bertz CT molecular complexity index is 1510. The second-order valence-electron chi connectivity index (χ2n) is 10.9. The molecule has 1 aromatic carbocycles. The van der Waals surface area contributed by atoms with Crippen molar-refractivity contribution >= 4 is 34.9 Å². The molecule has 0 unspecified atom stereocenters. The van der Waals surface area contributed by atoms with Crippen LogP contribution in [0.5, 0.6) is 0 Å².